The molecule has 0 unspecified atom stereocenters. The van der Waals surface area contributed by atoms with Crippen molar-refractivity contribution in [1.82, 2.24) is 9.78 Å². The third-order valence-electron chi connectivity index (χ3n) is 5.15. The summed E-state index contributed by atoms with van der Waals surface area (Å²) in [6.45, 7) is 7.24. The second-order valence-corrected chi connectivity index (χ2v) is 8.35. The molecule has 2 amide bonds. The summed E-state index contributed by atoms with van der Waals surface area (Å²) in [6, 6.07) is 8.67. The summed E-state index contributed by atoms with van der Waals surface area (Å²) in [6.07, 6.45) is 1.42. The molecule has 0 saturated carbocycles. The second-order valence-electron chi connectivity index (χ2n) is 8.35. The highest BCUT2D eigenvalue weighted by molar-refractivity contribution is 6.14. The van der Waals surface area contributed by atoms with E-state index in [4.69, 9.17) is 14.2 Å². The zero-order valence-electron chi connectivity index (χ0n) is 22.1. The quantitative estimate of drug-likeness (QED) is 0.338. The third kappa shape index (κ3) is 6.60. The van der Waals surface area contributed by atoms with Gasteiger partial charge in [0, 0.05) is 64.9 Å². The van der Waals surface area contributed by atoms with E-state index in [0.717, 1.165) is 9.58 Å². The summed E-state index contributed by atoms with van der Waals surface area (Å²) >= 11 is 0. The van der Waals surface area contributed by atoms with E-state index in [1.54, 1.807) is 6.07 Å². The number of benzene rings is 2. The topological polar surface area (TPSA) is 151 Å². The van der Waals surface area contributed by atoms with Crippen molar-refractivity contribution in [1.29, 1.82) is 0 Å². The minimum Gasteiger partial charge on any atom is -0.427 e. The second kappa shape index (κ2) is 11.5. The van der Waals surface area contributed by atoms with Crippen LogP contribution in [-0.4, -0.2) is 45.4 Å². The minimum atomic E-state index is -0.667. The molecule has 0 fully saturated rings. The van der Waals surface area contributed by atoms with Crippen LogP contribution in [0.1, 0.15) is 46.3 Å². The summed E-state index contributed by atoms with van der Waals surface area (Å²) in [5.41, 5.74) is 1.20. The van der Waals surface area contributed by atoms with E-state index in [1.165, 1.54) is 78.1 Å². The number of hydrogen-bond donors (Lipinski definition) is 0. The van der Waals surface area contributed by atoms with Crippen LogP contribution in [0.2, 0.25) is 0 Å². The summed E-state index contributed by atoms with van der Waals surface area (Å²) in [7, 11) is 0. The first-order valence-electron chi connectivity index (χ1n) is 11.5. The summed E-state index contributed by atoms with van der Waals surface area (Å²) in [5, 5.41) is 4.37. The maximum Gasteiger partial charge on any atom is 0.308 e. The van der Waals surface area contributed by atoms with Crippen molar-refractivity contribution >= 4 is 41.3 Å². The van der Waals surface area contributed by atoms with Gasteiger partial charge in [0.15, 0.2) is 5.75 Å². The van der Waals surface area contributed by atoms with Crippen LogP contribution in [0.3, 0.4) is 0 Å². The van der Waals surface area contributed by atoms with Crippen LogP contribution in [-0.2, 0) is 24.0 Å². The molecule has 202 valence electrons. The Morgan fingerprint density at radius 2 is 1.28 bits per heavy atom. The van der Waals surface area contributed by atoms with E-state index >= 15 is 0 Å². The van der Waals surface area contributed by atoms with Gasteiger partial charge in [-0.2, -0.15) is 5.10 Å². The lowest BCUT2D eigenvalue weighted by Crippen LogP contribution is -2.33. The van der Waals surface area contributed by atoms with Gasteiger partial charge in [0.1, 0.15) is 17.2 Å². The van der Waals surface area contributed by atoms with Crippen LogP contribution >= 0.6 is 0 Å². The van der Waals surface area contributed by atoms with Crippen LogP contribution in [0.25, 0.3) is 22.4 Å². The first kappa shape index (κ1) is 28.4. The third-order valence-corrected chi connectivity index (χ3v) is 5.15. The van der Waals surface area contributed by atoms with Crippen molar-refractivity contribution in [3.05, 3.63) is 42.6 Å². The number of aromatic nitrogens is 2. The smallest absolute Gasteiger partial charge is 0.308 e. The molecule has 0 atom stereocenters. The Labute approximate surface area is 223 Å². The van der Waals surface area contributed by atoms with Crippen molar-refractivity contribution in [3.63, 3.8) is 0 Å². The Kier molecular flexibility index (Phi) is 8.39. The van der Waals surface area contributed by atoms with Gasteiger partial charge in [0.25, 0.3) is 0 Å². The number of hydrogen-bond acceptors (Lipinski definition) is 10. The van der Waals surface area contributed by atoms with Gasteiger partial charge in [-0.1, -0.05) is 6.07 Å². The van der Waals surface area contributed by atoms with E-state index in [1.807, 2.05) is 0 Å². The van der Waals surface area contributed by atoms with Crippen LogP contribution in [0, 0.1) is 0 Å². The highest BCUT2D eigenvalue weighted by Gasteiger charge is 2.25. The van der Waals surface area contributed by atoms with Gasteiger partial charge in [-0.05, 0) is 29.8 Å². The lowest BCUT2D eigenvalue weighted by Gasteiger charge is -2.21. The van der Waals surface area contributed by atoms with E-state index in [9.17, 15) is 28.8 Å². The lowest BCUT2D eigenvalue weighted by molar-refractivity contribution is -0.133. The number of carbonyl (C=O) groups is 6. The zero-order chi connectivity index (χ0) is 29.0. The standard InChI is InChI=1S/C27H25N3O9/c1-14(31)29-13-23(20-7-10-25(38-18(5)35)24(11-20)30(15(2)32)16(3)33)27(28-29)22-9-8-21(37-17(4)34)12-26(22)39-19(6)36/h7-13H,1-6H3. The summed E-state index contributed by atoms with van der Waals surface area (Å²) < 4.78 is 16.7. The predicted octanol–water partition coefficient (Wildman–Crippen LogP) is 3.55. The van der Waals surface area contributed by atoms with Crippen LogP contribution in [0.5, 0.6) is 17.2 Å². The number of nitrogens with zero attached hydrogens (tertiary/aromatic N) is 3. The average Bonchev–Trinajstić information content (AvgIpc) is 3.24. The lowest BCUT2D eigenvalue weighted by atomic mass is 10.00. The van der Waals surface area contributed by atoms with Crippen molar-refractivity contribution in [2.24, 2.45) is 0 Å². The van der Waals surface area contributed by atoms with Gasteiger partial charge in [0.05, 0.1) is 5.69 Å². The fourth-order valence-corrected chi connectivity index (χ4v) is 3.77. The van der Waals surface area contributed by atoms with Gasteiger partial charge in [-0.15, -0.1) is 0 Å². The Balaban J connectivity index is 2.31. The molecule has 1 heterocycles. The maximum absolute atomic E-state index is 12.3. The largest absolute Gasteiger partial charge is 0.427 e. The molecule has 0 N–H and O–H groups in total. The van der Waals surface area contributed by atoms with E-state index in [0.29, 0.717) is 11.1 Å². The number of esters is 3. The van der Waals surface area contributed by atoms with Gasteiger partial charge in [-0.3, -0.25) is 28.8 Å². The number of imide groups is 1. The predicted molar refractivity (Wildman–Crippen MR) is 137 cm³/mol. The molecule has 12 nitrogen and oxygen atoms in total. The van der Waals surface area contributed by atoms with Crippen molar-refractivity contribution in [2.75, 3.05) is 4.90 Å². The highest BCUT2D eigenvalue weighted by Crippen LogP contribution is 2.41. The van der Waals surface area contributed by atoms with E-state index in [2.05, 4.69) is 5.10 Å². The molecular weight excluding hydrogens is 510 g/mol. The first-order valence-corrected chi connectivity index (χ1v) is 11.5. The number of anilines is 1. The number of carbonyl (C=O) groups excluding carboxylic acids is 6. The SMILES string of the molecule is CC(=O)Oc1ccc(-c2nn(C(C)=O)cc2-c2ccc(OC(C)=O)c(N(C(C)=O)C(C)=O)c2)c(OC(C)=O)c1. The van der Waals surface area contributed by atoms with Crippen LogP contribution < -0.4 is 19.1 Å². The van der Waals surface area contributed by atoms with Crippen molar-refractivity contribution in [2.45, 2.75) is 41.5 Å². The molecule has 0 aliphatic heterocycles. The molecule has 12 heteroatoms. The van der Waals surface area contributed by atoms with Crippen LogP contribution in [0.15, 0.2) is 42.6 Å². The molecule has 39 heavy (non-hydrogen) atoms. The van der Waals surface area contributed by atoms with Gasteiger partial charge < -0.3 is 14.2 Å². The van der Waals surface area contributed by atoms with E-state index < -0.39 is 35.6 Å². The van der Waals surface area contributed by atoms with Crippen molar-refractivity contribution < 1.29 is 43.0 Å². The van der Waals surface area contributed by atoms with Gasteiger partial charge >= 0.3 is 17.9 Å². The minimum absolute atomic E-state index is 0.00200. The Hall–Kier alpha value is -5.13. The molecule has 0 spiro atoms. The fraction of sp³-hybridized carbons (Fsp3) is 0.222. The molecule has 0 aliphatic carbocycles. The van der Waals surface area contributed by atoms with Crippen LogP contribution in [0.4, 0.5) is 5.69 Å². The zero-order valence-corrected chi connectivity index (χ0v) is 22.1. The summed E-state index contributed by atoms with van der Waals surface area (Å²) in [4.78, 5) is 72.7. The normalized spacial score (nSPS) is 10.4. The van der Waals surface area contributed by atoms with E-state index in [-0.39, 0.29) is 34.2 Å². The number of rotatable bonds is 6. The number of amides is 2. The van der Waals surface area contributed by atoms with Gasteiger partial charge in [-0.25, -0.2) is 9.58 Å². The fourth-order valence-electron chi connectivity index (χ4n) is 3.77. The Bertz CT molecular complexity index is 1510. The molecule has 3 aromatic rings. The molecule has 2 aromatic carbocycles. The Morgan fingerprint density at radius 3 is 1.82 bits per heavy atom. The average molecular weight is 536 g/mol. The maximum atomic E-state index is 12.3. The molecule has 0 saturated heterocycles. The number of ether oxygens (including phenoxy) is 3. The summed E-state index contributed by atoms with van der Waals surface area (Å²) in [5.74, 6) is -3.50. The molecule has 1 aromatic heterocycles. The molecule has 0 radical (unpaired) electrons. The monoisotopic (exact) mass is 535 g/mol. The van der Waals surface area contributed by atoms with Gasteiger partial charge in [0.2, 0.25) is 17.7 Å². The molecule has 0 aliphatic rings. The molecular formula is C27H25N3O9. The van der Waals surface area contributed by atoms with Crippen molar-refractivity contribution in [3.8, 4) is 39.6 Å². The molecule has 3 rings (SSSR count). The molecule has 0 bridgehead atoms. The highest BCUT2D eigenvalue weighted by atomic mass is 16.5. The Morgan fingerprint density at radius 1 is 0.692 bits per heavy atom. The first-order chi connectivity index (χ1) is 18.3.